The molecule has 0 N–H and O–H groups in total. The van der Waals surface area contributed by atoms with Crippen molar-refractivity contribution in [1.29, 1.82) is 0 Å². The fraction of sp³-hybridized carbons (Fsp3) is 0.250. The Hall–Kier alpha value is -1.57. The van der Waals surface area contributed by atoms with Crippen molar-refractivity contribution in [3.63, 3.8) is 0 Å². The van der Waals surface area contributed by atoms with Gasteiger partial charge >= 0.3 is 5.97 Å². The second-order valence-corrected chi connectivity index (χ2v) is 3.08. The van der Waals surface area contributed by atoms with E-state index in [1.807, 2.05) is 49.4 Å². The van der Waals surface area contributed by atoms with Crippen LogP contribution in [0.25, 0.3) is 6.08 Å². The molecule has 0 aliphatic heterocycles. The number of hydrogen-bond donors (Lipinski definition) is 0. The minimum absolute atomic E-state index is 0.173. The third kappa shape index (κ3) is 3.90. The van der Waals surface area contributed by atoms with Crippen LogP contribution in [0.1, 0.15) is 19.4 Å². The molecule has 0 saturated heterocycles. The number of ether oxygens (including phenoxy) is 1. The van der Waals surface area contributed by atoms with Crippen molar-refractivity contribution in [3.8, 4) is 0 Å². The molecular formula is C12H14O2. The van der Waals surface area contributed by atoms with Crippen molar-refractivity contribution in [2.24, 2.45) is 0 Å². The van der Waals surface area contributed by atoms with Gasteiger partial charge in [0.25, 0.3) is 0 Å². The fourth-order valence-electron chi connectivity index (χ4n) is 1.11. The molecular weight excluding hydrogens is 176 g/mol. The molecule has 0 aromatic heterocycles. The Kier molecular flexibility index (Phi) is 3.92. The fourth-order valence-corrected chi connectivity index (χ4v) is 1.11. The van der Waals surface area contributed by atoms with E-state index < -0.39 is 0 Å². The van der Waals surface area contributed by atoms with E-state index in [-0.39, 0.29) is 12.1 Å². The predicted octanol–water partition coefficient (Wildman–Crippen LogP) is 2.65. The second-order valence-electron chi connectivity index (χ2n) is 3.08. The largest absolute Gasteiger partial charge is 0.459 e. The highest BCUT2D eigenvalue weighted by atomic mass is 16.5. The lowest BCUT2D eigenvalue weighted by atomic mass is 10.2. The zero-order valence-electron chi connectivity index (χ0n) is 8.44. The van der Waals surface area contributed by atoms with Crippen molar-refractivity contribution >= 4 is 12.0 Å². The zero-order chi connectivity index (χ0) is 10.4. The quantitative estimate of drug-likeness (QED) is 0.685. The van der Waals surface area contributed by atoms with Gasteiger partial charge in [0, 0.05) is 6.92 Å². The molecule has 1 atom stereocenters. The summed E-state index contributed by atoms with van der Waals surface area (Å²) < 4.78 is 4.95. The lowest BCUT2D eigenvalue weighted by Crippen LogP contribution is -2.08. The normalized spacial score (nSPS) is 12.7. The molecule has 0 radical (unpaired) electrons. The summed E-state index contributed by atoms with van der Waals surface area (Å²) in [5.74, 6) is -0.254. The smallest absolute Gasteiger partial charge is 0.303 e. The van der Waals surface area contributed by atoms with Crippen LogP contribution in [0.5, 0.6) is 0 Å². The molecule has 0 heterocycles. The molecule has 1 aromatic carbocycles. The molecule has 74 valence electrons. The van der Waals surface area contributed by atoms with Gasteiger partial charge in [-0.25, -0.2) is 0 Å². The number of hydrogen-bond acceptors (Lipinski definition) is 2. The molecule has 14 heavy (non-hydrogen) atoms. The van der Waals surface area contributed by atoms with Crippen LogP contribution in [0, 0.1) is 0 Å². The molecule has 0 aliphatic rings. The van der Waals surface area contributed by atoms with Crippen LogP contribution in [0.2, 0.25) is 0 Å². The maximum atomic E-state index is 10.6. The van der Waals surface area contributed by atoms with Crippen molar-refractivity contribution in [2.45, 2.75) is 20.0 Å². The maximum Gasteiger partial charge on any atom is 0.303 e. The van der Waals surface area contributed by atoms with Gasteiger partial charge in [-0.1, -0.05) is 36.4 Å². The third-order valence-corrected chi connectivity index (χ3v) is 1.71. The first-order chi connectivity index (χ1) is 6.68. The molecule has 0 unspecified atom stereocenters. The van der Waals surface area contributed by atoms with E-state index in [2.05, 4.69) is 0 Å². The van der Waals surface area contributed by atoms with Crippen molar-refractivity contribution in [3.05, 3.63) is 42.0 Å². The van der Waals surface area contributed by atoms with E-state index >= 15 is 0 Å². The summed E-state index contributed by atoms with van der Waals surface area (Å²) in [6.45, 7) is 3.24. The lowest BCUT2D eigenvalue weighted by Gasteiger charge is -2.05. The Morgan fingerprint density at radius 2 is 2.00 bits per heavy atom. The average Bonchev–Trinajstić information content (AvgIpc) is 2.15. The Balaban J connectivity index is 2.52. The van der Waals surface area contributed by atoms with E-state index in [0.29, 0.717) is 0 Å². The minimum atomic E-state index is -0.254. The number of carbonyl (C=O) groups excluding carboxylic acids is 1. The van der Waals surface area contributed by atoms with E-state index in [1.165, 1.54) is 6.92 Å². The maximum absolute atomic E-state index is 10.6. The molecule has 0 amide bonds. The molecule has 1 aromatic rings. The lowest BCUT2D eigenvalue weighted by molar-refractivity contribution is -0.143. The molecule has 0 spiro atoms. The van der Waals surface area contributed by atoms with Crippen LogP contribution in [-0.4, -0.2) is 12.1 Å². The van der Waals surface area contributed by atoms with Gasteiger partial charge in [0.15, 0.2) is 0 Å². The molecule has 1 rings (SSSR count). The molecule has 0 fully saturated rings. The van der Waals surface area contributed by atoms with E-state index in [0.717, 1.165) is 5.56 Å². The first-order valence-electron chi connectivity index (χ1n) is 4.59. The summed E-state index contributed by atoms with van der Waals surface area (Å²) in [5, 5.41) is 0. The summed E-state index contributed by atoms with van der Waals surface area (Å²) in [6, 6.07) is 9.90. The van der Waals surface area contributed by atoms with E-state index in [1.54, 1.807) is 0 Å². The second kappa shape index (κ2) is 5.22. The Bertz CT molecular complexity index is 314. The first kappa shape index (κ1) is 10.5. The number of rotatable bonds is 3. The van der Waals surface area contributed by atoms with Gasteiger partial charge in [0.2, 0.25) is 0 Å². The van der Waals surface area contributed by atoms with Crippen molar-refractivity contribution in [1.82, 2.24) is 0 Å². The van der Waals surface area contributed by atoms with Crippen LogP contribution < -0.4 is 0 Å². The molecule has 2 nitrogen and oxygen atoms in total. The van der Waals surface area contributed by atoms with Gasteiger partial charge in [-0.2, -0.15) is 0 Å². The highest BCUT2D eigenvalue weighted by molar-refractivity contribution is 5.66. The van der Waals surface area contributed by atoms with Gasteiger partial charge in [0.1, 0.15) is 6.10 Å². The molecule has 2 heteroatoms. The third-order valence-electron chi connectivity index (χ3n) is 1.71. The highest BCUT2D eigenvalue weighted by Crippen LogP contribution is 2.03. The van der Waals surface area contributed by atoms with Crippen LogP contribution in [0.3, 0.4) is 0 Å². The molecule has 0 aliphatic carbocycles. The van der Waals surface area contributed by atoms with Crippen LogP contribution >= 0.6 is 0 Å². The van der Waals surface area contributed by atoms with Gasteiger partial charge in [-0.15, -0.1) is 0 Å². The summed E-state index contributed by atoms with van der Waals surface area (Å²) >= 11 is 0. The topological polar surface area (TPSA) is 26.3 Å². The summed E-state index contributed by atoms with van der Waals surface area (Å²) in [4.78, 5) is 10.6. The van der Waals surface area contributed by atoms with Crippen molar-refractivity contribution in [2.75, 3.05) is 0 Å². The number of benzene rings is 1. The van der Waals surface area contributed by atoms with Gasteiger partial charge in [0.05, 0.1) is 0 Å². The Morgan fingerprint density at radius 1 is 1.36 bits per heavy atom. The van der Waals surface area contributed by atoms with E-state index in [9.17, 15) is 4.79 Å². The SMILES string of the molecule is CC(=O)O[C@H](C)/C=C/c1ccccc1. The molecule has 0 bridgehead atoms. The number of esters is 1. The average molecular weight is 190 g/mol. The predicted molar refractivity (Wildman–Crippen MR) is 56.7 cm³/mol. The van der Waals surface area contributed by atoms with Crippen LogP contribution in [0.15, 0.2) is 36.4 Å². The van der Waals surface area contributed by atoms with Crippen LogP contribution in [0.4, 0.5) is 0 Å². The molecule has 0 saturated carbocycles. The van der Waals surface area contributed by atoms with Gasteiger partial charge in [-0.3, -0.25) is 4.79 Å². The Labute approximate surface area is 84.2 Å². The van der Waals surface area contributed by atoms with Gasteiger partial charge < -0.3 is 4.74 Å². The minimum Gasteiger partial charge on any atom is -0.459 e. The Morgan fingerprint density at radius 3 is 2.57 bits per heavy atom. The summed E-state index contributed by atoms with van der Waals surface area (Å²) in [7, 11) is 0. The van der Waals surface area contributed by atoms with E-state index in [4.69, 9.17) is 4.74 Å². The number of carbonyl (C=O) groups is 1. The monoisotopic (exact) mass is 190 g/mol. The standard InChI is InChI=1S/C12H14O2/c1-10(14-11(2)13)8-9-12-6-4-3-5-7-12/h3-10H,1-2H3/b9-8+/t10-/m1/s1. The summed E-state index contributed by atoms with van der Waals surface area (Å²) in [6.07, 6.45) is 3.62. The first-order valence-corrected chi connectivity index (χ1v) is 4.59. The van der Waals surface area contributed by atoms with Crippen molar-refractivity contribution < 1.29 is 9.53 Å². The van der Waals surface area contributed by atoms with Crippen LogP contribution in [-0.2, 0) is 9.53 Å². The zero-order valence-corrected chi connectivity index (χ0v) is 8.44. The van der Waals surface area contributed by atoms with Gasteiger partial charge in [-0.05, 0) is 18.6 Å². The highest BCUT2D eigenvalue weighted by Gasteiger charge is 1.98. The summed E-state index contributed by atoms with van der Waals surface area (Å²) in [5.41, 5.74) is 1.10.